The number of nitrogens with zero attached hydrogens (tertiary/aromatic N) is 3. The maximum Gasteiger partial charge on any atom is 0.411 e. The lowest BCUT2D eigenvalue weighted by molar-refractivity contribution is 0.0473. The van der Waals surface area contributed by atoms with Gasteiger partial charge in [0.05, 0.1) is 18.7 Å². The number of benzene rings is 2. The molecule has 0 saturated carbocycles. The summed E-state index contributed by atoms with van der Waals surface area (Å²) >= 11 is 0. The second-order valence-corrected chi connectivity index (χ2v) is 7.01. The van der Waals surface area contributed by atoms with Crippen molar-refractivity contribution in [1.82, 2.24) is 14.8 Å². The first-order valence-corrected chi connectivity index (χ1v) is 10.1. The predicted octanol–water partition coefficient (Wildman–Crippen LogP) is 3.36. The minimum absolute atomic E-state index is 0.119. The molecule has 0 aliphatic heterocycles. The molecule has 168 valence electrons. The minimum atomic E-state index is -0.614. The van der Waals surface area contributed by atoms with Gasteiger partial charge in [-0.05, 0) is 36.8 Å². The normalized spacial score (nSPS) is 10.7. The number of esters is 1. The summed E-state index contributed by atoms with van der Waals surface area (Å²) in [4.78, 5) is 40.0. The molecule has 10 nitrogen and oxygen atoms in total. The van der Waals surface area contributed by atoms with Crippen molar-refractivity contribution in [3.63, 3.8) is 0 Å². The van der Waals surface area contributed by atoms with Crippen molar-refractivity contribution in [2.45, 2.75) is 20.1 Å². The van der Waals surface area contributed by atoms with Gasteiger partial charge in [-0.3, -0.25) is 5.32 Å². The molecule has 0 bridgehead atoms. The molecule has 0 radical (unpaired) electrons. The molecule has 0 atom stereocenters. The Morgan fingerprint density at radius 1 is 1.09 bits per heavy atom. The van der Waals surface area contributed by atoms with Crippen LogP contribution in [0.5, 0.6) is 0 Å². The van der Waals surface area contributed by atoms with Crippen LogP contribution in [0, 0.1) is 0 Å². The Labute approximate surface area is 187 Å². The van der Waals surface area contributed by atoms with E-state index in [1.54, 1.807) is 42.2 Å². The van der Waals surface area contributed by atoms with Crippen LogP contribution in [0.4, 0.5) is 10.5 Å². The lowest BCUT2D eigenvalue weighted by Gasteiger charge is -2.10. The summed E-state index contributed by atoms with van der Waals surface area (Å²) in [6.45, 7) is 2.34. The summed E-state index contributed by atoms with van der Waals surface area (Å²) in [5.41, 5.74) is 1.88. The van der Waals surface area contributed by atoms with E-state index in [0.29, 0.717) is 28.7 Å². The van der Waals surface area contributed by atoms with E-state index in [0.717, 1.165) is 5.56 Å². The lowest BCUT2D eigenvalue weighted by atomic mass is 10.1. The van der Waals surface area contributed by atoms with E-state index >= 15 is 0 Å². The first-order valence-electron chi connectivity index (χ1n) is 10.1. The summed E-state index contributed by atoms with van der Waals surface area (Å²) in [6.07, 6.45) is 2.45. The molecule has 33 heavy (non-hydrogen) atoms. The fourth-order valence-corrected chi connectivity index (χ4v) is 3.19. The lowest BCUT2D eigenvalue weighted by Crippen LogP contribution is -2.13. The van der Waals surface area contributed by atoms with Gasteiger partial charge in [0.15, 0.2) is 0 Å². The SMILES string of the molecule is CCOC(=O)Nc1ccc2c(COC(=O)c3ccc(Cn4cncn4)cc3)cc(=O)oc2c1. The van der Waals surface area contributed by atoms with Gasteiger partial charge in [-0.15, -0.1) is 0 Å². The van der Waals surface area contributed by atoms with Crippen LogP contribution in [-0.2, 0) is 22.6 Å². The number of nitrogens with one attached hydrogen (secondary N) is 1. The molecule has 0 fully saturated rings. The van der Waals surface area contributed by atoms with Gasteiger partial charge in [0.1, 0.15) is 24.8 Å². The standard InChI is InChI=1S/C23H20N4O6/c1-2-31-23(30)26-18-7-8-19-17(9-21(28)33-20(19)10-18)12-32-22(29)16-5-3-15(4-6-16)11-27-14-24-13-25-27/h3-10,13-14H,2,11-12H2,1H3,(H,26,30). The average molecular weight is 448 g/mol. The molecule has 0 saturated heterocycles. The Kier molecular flexibility index (Phi) is 6.44. The summed E-state index contributed by atoms with van der Waals surface area (Å²) < 4.78 is 17.2. The van der Waals surface area contributed by atoms with Gasteiger partial charge in [-0.1, -0.05) is 12.1 Å². The van der Waals surface area contributed by atoms with Crippen LogP contribution >= 0.6 is 0 Å². The molecule has 0 unspecified atom stereocenters. The molecule has 2 aromatic heterocycles. The van der Waals surface area contributed by atoms with Crippen LogP contribution in [0.25, 0.3) is 11.0 Å². The van der Waals surface area contributed by atoms with Crippen LogP contribution < -0.4 is 10.9 Å². The molecule has 4 rings (SSSR count). The smallest absolute Gasteiger partial charge is 0.411 e. The highest BCUT2D eigenvalue weighted by molar-refractivity contribution is 5.91. The van der Waals surface area contributed by atoms with Gasteiger partial charge in [0, 0.05) is 28.8 Å². The highest BCUT2D eigenvalue weighted by Gasteiger charge is 2.12. The van der Waals surface area contributed by atoms with Crippen LogP contribution in [0.3, 0.4) is 0 Å². The summed E-state index contributed by atoms with van der Waals surface area (Å²) in [6, 6.07) is 13.0. The van der Waals surface area contributed by atoms with Crippen LogP contribution in [0.2, 0.25) is 0 Å². The molecular formula is C23H20N4O6. The first kappa shape index (κ1) is 21.8. The van der Waals surface area contributed by atoms with Gasteiger partial charge in [-0.2, -0.15) is 5.10 Å². The molecule has 0 aliphatic carbocycles. The predicted molar refractivity (Wildman–Crippen MR) is 118 cm³/mol. The number of carbonyl (C=O) groups excluding carboxylic acids is 2. The third kappa shape index (κ3) is 5.42. The molecule has 10 heteroatoms. The van der Waals surface area contributed by atoms with E-state index in [-0.39, 0.29) is 18.8 Å². The zero-order chi connectivity index (χ0) is 23.2. The van der Waals surface area contributed by atoms with Crippen molar-refractivity contribution in [2.75, 3.05) is 11.9 Å². The zero-order valence-corrected chi connectivity index (χ0v) is 17.7. The molecule has 2 aromatic carbocycles. The molecule has 0 spiro atoms. The van der Waals surface area contributed by atoms with E-state index in [1.165, 1.54) is 18.5 Å². The maximum atomic E-state index is 12.5. The van der Waals surface area contributed by atoms with Crippen molar-refractivity contribution < 1.29 is 23.5 Å². The maximum absolute atomic E-state index is 12.5. The topological polar surface area (TPSA) is 126 Å². The highest BCUT2D eigenvalue weighted by Crippen LogP contribution is 2.22. The largest absolute Gasteiger partial charge is 0.457 e. The molecule has 4 aromatic rings. The third-order valence-electron chi connectivity index (χ3n) is 4.71. The summed E-state index contributed by atoms with van der Waals surface area (Å²) in [7, 11) is 0. The Morgan fingerprint density at radius 2 is 1.91 bits per heavy atom. The molecule has 2 heterocycles. The van der Waals surface area contributed by atoms with E-state index in [1.807, 2.05) is 12.1 Å². The number of aromatic nitrogens is 3. The number of amides is 1. The van der Waals surface area contributed by atoms with Crippen molar-refractivity contribution in [1.29, 1.82) is 0 Å². The number of hydrogen-bond acceptors (Lipinski definition) is 8. The Balaban J connectivity index is 1.45. The Bertz CT molecular complexity index is 1330. The summed E-state index contributed by atoms with van der Waals surface area (Å²) in [5.74, 6) is -0.524. The van der Waals surface area contributed by atoms with Crippen molar-refractivity contribution in [3.8, 4) is 0 Å². The van der Waals surface area contributed by atoms with Gasteiger partial charge in [0.25, 0.3) is 0 Å². The van der Waals surface area contributed by atoms with Crippen LogP contribution in [0.1, 0.15) is 28.4 Å². The molecule has 0 aliphatic rings. The number of fused-ring (bicyclic) bond motifs is 1. The average Bonchev–Trinajstić information content (AvgIpc) is 3.30. The van der Waals surface area contributed by atoms with Gasteiger partial charge in [0.2, 0.25) is 0 Å². The van der Waals surface area contributed by atoms with E-state index in [9.17, 15) is 14.4 Å². The van der Waals surface area contributed by atoms with Crippen molar-refractivity contribution in [2.24, 2.45) is 0 Å². The third-order valence-corrected chi connectivity index (χ3v) is 4.71. The quantitative estimate of drug-likeness (QED) is 0.337. The van der Waals surface area contributed by atoms with Crippen molar-refractivity contribution >= 4 is 28.7 Å². The number of hydrogen-bond donors (Lipinski definition) is 1. The Hall–Kier alpha value is -4.47. The number of carbonyl (C=O) groups is 2. The summed E-state index contributed by atoms with van der Waals surface area (Å²) in [5, 5.41) is 7.18. The monoisotopic (exact) mass is 448 g/mol. The molecule has 1 amide bonds. The van der Waals surface area contributed by atoms with Crippen LogP contribution in [0.15, 0.2) is 70.4 Å². The second kappa shape index (κ2) is 9.77. The number of ether oxygens (including phenoxy) is 2. The second-order valence-electron chi connectivity index (χ2n) is 7.01. The zero-order valence-electron chi connectivity index (χ0n) is 17.7. The molecule has 1 N–H and O–H groups in total. The van der Waals surface area contributed by atoms with E-state index in [2.05, 4.69) is 15.4 Å². The minimum Gasteiger partial charge on any atom is -0.457 e. The van der Waals surface area contributed by atoms with Gasteiger partial charge >= 0.3 is 17.7 Å². The Morgan fingerprint density at radius 3 is 2.64 bits per heavy atom. The number of rotatable bonds is 7. The van der Waals surface area contributed by atoms with Crippen LogP contribution in [-0.4, -0.2) is 33.4 Å². The fraction of sp³-hybridized carbons (Fsp3) is 0.174. The van der Waals surface area contributed by atoms with Gasteiger partial charge in [-0.25, -0.2) is 24.0 Å². The fourth-order valence-electron chi connectivity index (χ4n) is 3.19. The van der Waals surface area contributed by atoms with E-state index in [4.69, 9.17) is 13.9 Å². The first-order chi connectivity index (χ1) is 16.0. The molecular weight excluding hydrogens is 428 g/mol. The number of anilines is 1. The van der Waals surface area contributed by atoms with Gasteiger partial charge < -0.3 is 13.9 Å². The van der Waals surface area contributed by atoms with Crippen molar-refractivity contribution in [3.05, 3.63) is 88.3 Å². The highest BCUT2D eigenvalue weighted by atomic mass is 16.5. The van der Waals surface area contributed by atoms with E-state index < -0.39 is 17.7 Å².